The molecule has 1 N–H and O–H groups in total. The molecular formula is C16H21N3O4S2. The fourth-order valence-corrected chi connectivity index (χ4v) is 5.19. The van der Waals surface area contributed by atoms with Crippen LogP contribution in [0.5, 0.6) is 0 Å². The lowest BCUT2D eigenvalue weighted by molar-refractivity contribution is -0.131. The van der Waals surface area contributed by atoms with Gasteiger partial charge >= 0.3 is 0 Å². The van der Waals surface area contributed by atoms with Crippen molar-refractivity contribution in [2.24, 2.45) is 5.10 Å². The Morgan fingerprint density at radius 1 is 1.24 bits per heavy atom. The Hall–Kier alpha value is -1.87. The Kier molecular flexibility index (Phi) is 5.58. The van der Waals surface area contributed by atoms with E-state index in [1.165, 1.54) is 30.6 Å². The maximum Gasteiger partial charge on any atom is 0.240 e. The highest BCUT2D eigenvalue weighted by atomic mass is 32.2. The van der Waals surface area contributed by atoms with E-state index in [4.69, 9.17) is 0 Å². The fraction of sp³-hybridized carbons (Fsp3) is 0.438. The quantitative estimate of drug-likeness (QED) is 0.856. The Morgan fingerprint density at radius 2 is 1.84 bits per heavy atom. The third kappa shape index (κ3) is 4.60. The standard InChI is InChI=1S/C16H21N3O4S2/c1-11-5-7-14(8-6-11)25(22,23)10-9-16(4)19(13(3)21)18-15(24-16)17-12(2)20/h5-8H,9-10H2,1-4H3,(H,17,18,20)/t16-/m1/s1. The number of rotatable bonds is 4. The van der Waals surface area contributed by atoms with Crippen molar-refractivity contribution in [3.05, 3.63) is 29.8 Å². The van der Waals surface area contributed by atoms with E-state index < -0.39 is 14.7 Å². The Labute approximate surface area is 151 Å². The second kappa shape index (κ2) is 7.17. The lowest BCUT2D eigenvalue weighted by Crippen LogP contribution is -2.41. The van der Waals surface area contributed by atoms with Crippen LogP contribution >= 0.6 is 11.8 Å². The zero-order valence-corrected chi connectivity index (χ0v) is 16.2. The first-order valence-electron chi connectivity index (χ1n) is 7.69. The predicted molar refractivity (Wildman–Crippen MR) is 97.6 cm³/mol. The molecule has 136 valence electrons. The van der Waals surface area contributed by atoms with Crippen LogP contribution in [-0.4, -0.2) is 41.0 Å². The summed E-state index contributed by atoms with van der Waals surface area (Å²) < 4.78 is 25.1. The number of carbonyl (C=O) groups excluding carboxylic acids is 2. The van der Waals surface area contributed by atoms with Crippen LogP contribution in [0, 0.1) is 6.92 Å². The molecule has 25 heavy (non-hydrogen) atoms. The number of amidine groups is 1. The average Bonchev–Trinajstić information content (AvgIpc) is 2.82. The van der Waals surface area contributed by atoms with Crippen molar-refractivity contribution in [1.29, 1.82) is 0 Å². The first-order chi connectivity index (χ1) is 11.5. The Bertz CT molecular complexity index is 818. The number of sulfone groups is 1. The van der Waals surface area contributed by atoms with Crippen molar-refractivity contribution in [3.8, 4) is 0 Å². The zero-order valence-electron chi connectivity index (χ0n) is 14.6. The minimum atomic E-state index is -3.48. The third-order valence-corrected chi connectivity index (χ3v) is 6.68. The van der Waals surface area contributed by atoms with Crippen molar-refractivity contribution < 1.29 is 18.0 Å². The van der Waals surface area contributed by atoms with Crippen LogP contribution in [0.3, 0.4) is 0 Å². The average molecular weight is 383 g/mol. The summed E-state index contributed by atoms with van der Waals surface area (Å²) in [5, 5.41) is 8.17. The summed E-state index contributed by atoms with van der Waals surface area (Å²) in [6.45, 7) is 6.33. The van der Waals surface area contributed by atoms with Gasteiger partial charge in [-0.2, -0.15) is 0 Å². The molecule has 1 heterocycles. The molecule has 2 rings (SSSR count). The first-order valence-corrected chi connectivity index (χ1v) is 10.2. The van der Waals surface area contributed by atoms with Gasteiger partial charge in [0.05, 0.1) is 10.6 Å². The summed E-state index contributed by atoms with van der Waals surface area (Å²) in [5.41, 5.74) is 0.980. The molecular weight excluding hydrogens is 362 g/mol. The number of hydrazone groups is 1. The topological polar surface area (TPSA) is 95.9 Å². The lowest BCUT2D eigenvalue weighted by Gasteiger charge is -2.30. The monoisotopic (exact) mass is 383 g/mol. The van der Waals surface area contributed by atoms with Crippen LogP contribution in [0.1, 0.15) is 32.8 Å². The van der Waals surface area contributed by atoms with Gasteiger partial charge in [0.1, 0.15) is 4.87 Å². The van der Waals surface area contributed by atoms with E-state index >= 15 is 0 Å². The summed E-state index contributed by atoms with van der Waals surface area (Å²) >= 11 is 1.17. The van der Waals surface area contributed by atoms with Crippen LogP contribution in [0.2, 0.25) is 0 Å². The number of benzene rings is 1. The van der Waals surface area contributed by atoms with E-state index in [1.54, 1.807) is 31.2 Å². The van der Waals surface area contributed by atoms with Gasteiger partial charge in [-0.1, -0.05) is 29.5 Å². The van der Waals surface area contributed by atoms with Gasteiger partial charge < -0.3 is 5.32 Å². The molecule has 0 radical (unpaired) electrons. The number of aryl methyl sites for hydroxylation is 1. The van der Waals surface area contributed by atoms with Gasteiger partial charge in [0.25, 0.3) is 0 Å². The normalized spacial score (nSPS) is 20.3. The molecule has 0 spiro atoms. The van der Waals surface area contributed by atoms with Crippen molar-refractivity contribution in [3.63, 3.8) is 0 Å². The SMILES string of the molecule is CC(=O)NC1=NN(C(C)=O)[C@@](C)(CCS(=O)(=O)c2ccc(C)cc2)S1. The second-order valence-corrected chi connectivity index (χ2v) is 9.66. The van der Waals surface area contributed by atoms with E-state index in [9.17, 15) is 18.0 Å². The Morgan fingerprint density at radius 3 is 2.36 bits per heavy atom. The molecule has 0 saturated carbocycles. The summed E-state index contributed by atoms with van der Waals surface area (Å²) in [6, 6.07) is 6.66. The predicted octanol–water partition coefficient (Wildman–Crippen LogP) is 1.88. The molecule has 0 unspecified atom stereocenters. The highest BCUT2D eigenvalue weighted by molar-refractivity contribution is 8.15. The largest absolute Gasteiger partial charge is 0.304 e. The van der Waals surface area contributed by atoms with E-state index in [0.717, 1.165) is 5.56 Å². The van der Waals surface area contributed by atoms with Crippen molar-refractivity contribution >= 4 is 38.6 Å². The molecule has 1 aromatic rings. The highest BCUT2D eigenvalue weighted by Gasteiger charge is 2.43. The zero-order chi connectivity index (χ0) is 18.8. The van der Waals surface area contributed by atoms with E-state index in [0.29, 0.717) is 0 Å². The molecule has 1 aromatic carbocycles. The molecule has 9 heteroatoms. The van der Waals surface area contributed by atoms with Crippen LogP contribution < -0.4 is 5.32 Å². The van der Waals surface area contributed by atoms with Crippen molar-refractivity contribution in [2.45, 2.75) is 43.9 Å². The molecule has 0 fully saturated rings. The second-order valence-electron chi connectivity index (χ2n) is 6.08. The smallest absolute Gasteiger partial charge is 0.240 e. The van der Waals surface area contributed by atoms with E-state index in [-0.39, 0.29) is 34.1 Å². The first kappa shape index (κ1) is 19.5. The van der Waals surface area contributed by atoms with Crippen LogP contribution in [0.15, 0.2) is 34.3 Å². The molecule has 0 aromatic heterocycles. The van der Waals surface area contributed by atoms with Gasteiger partial charge in [-0.05, 0) is 32.4 Å². The van der Waals surface area contributed by atoms with Gasteiger partial charge in [-0.25, -0.2) is 13.4 Å². The molecule has 2 amide bonds. The summed E-state index contributed by atoms with van der Waals surface area (Å²) in [5.74, 6) is -0.749. The molecule has 0 bridgehead atoms. The number of thioether (sulfide) groups is 1. The number of amides is 2. The lowest BCUT2D eigenvalue weighted by atomic mass is 10.2. The molecule has 0 aliphatic carbocycles. The molecule has 1 atom stereocenters. The minimum Gasteiger partial charge on any atom is -0.304 e. The summed E-state index contributed by atoms with van der Waals surface area (Å²) in [7, 11) is -3.48. The maximum absolute atomic E-state index is 12.6. The molecule has 7 nitrogen and oxygen atoms in total. The van der Waals surface area contributed by atoms with Crippen molar-refractivity contribution in [1.82, 2.24) is 10.3 Å². The van der Waals surface area contributed by atoms with Crippen LogP contribution in [0.4, 0.5) is 0 Å². The van der Waals surface area contributed by atoms with Crippen LogP contribution in [-0.2, 0) is 19.4 Å². The van der Waals surface area contributed by atoms with Gasteiger partial charge in [-0.3, -0.25) is 9.59 Å². The molecule has 1 aliphatic rings. The number of hydrogen-bond acceptors (Lipinski definition) is 6. The van der Waals surface area contributed by atoms with E-state index in [1.807, 2.05) is 6.92 Å². The molecule has 1 aliphatic heterocycles. The highest BCUT2D eigenvalue weighted by Crippen LogP contribution is 2.39. The van der Waals surface area contributed by atoms with Crippen molar-refractivity contribution in [2.75, 3.05) is 5.75 Å². The van der Waals surface area contributed by atoms with Gasteiger partial charge in [0, 0.05) is 13.8 Å². The Balaban J connectivity index is 2.16. The van der Waals surface area contributed by atoms with E-state index in [2.05, 4.69) is 10.4 Å². The van der Waals surface area contributed by atoms with Gasteiger partial charge in [0.15, 0.2) is 15.0 Å². The summed E-state index contributed by atoms with van der Waals surface area (Å²) in [6.07, 6.45) is 0.181. The number of nitrogens with zero attached hydrogens (tertiary/aromatic N) is 2. The van der Waals surface area contributed by atoms with Gasteiger partial charge in [-0.15, -0.1) is 5.10 Å². The minimum absolute atomic E-state index is 0.133. The number of carbonyl (C=O) groups is 2. The fourth-order valence-electron chi connectivity index (χ4n) is 2.42. The summed E-state index contributed by atoms with van der Waals surface area (Å²) in [4.78, 5) is 22.5. The maximum atomic E-state index is 12.6. The van der Waals surface area contributed by atoms with Crippen LogP contribution in [0.25, 0.3) is 0 Å². The van der Waals surface area contributed by atoms with Gasteiger partial charge in [0.2, 0.25) is 11.8 Å². The molecule has 0 saturated heterocycles. The number of nitrogens with one attached hydrogen (secondary N) is 1. The number of hydrogen-bond donors (Lipinski definition) is 1. The third-order valence-electron chi connectivity index (χ3n) is 3.75.